The van der Waals surface area contributed by atoms with E-state index in [1.165, 1.54) is 12.8 Å². The molecular formula is C67H66Br2N20O4. The number of nitrogens with zero attached hydrogens (tertiary/aromatic N) is 16. The number of aromatic amines is 1. The minimum absolute atomic E-state index is 0. The van der Waals surface area contributed by atoms with Crippen molar-refractivity contribution in [1.82, 2.24) is 94.1 Å². The number of rotatable bonds is 8. The van der Waals surface area contributed by atoms with Crippen LogP contribution in [0.1, 0.15) is 124 Å². The maximum Gasteiger partial charge on any atom is 0.260 e. The number of carbonyl (C=O) groups is 4. The Bertz CT molecular complexity index is 4410. The third-order valence-electron chi connectivity index (χ3n) is 15.2. The Balaban J connectivity index is 0.000000129. The molecule has 4 N–H and O–H groups in total. The number of H-pyrrole nitrogens is 1. The SMILES string of the molecule is Brc1cccc(-c2nncn2C2CC2)n1.C.C.C.O=C1NCc2ccc(-n3ccnc3)cc21.O=C1NCc2ccc(-n3ccnc3)cc21.O=C1NCc2ccc(Br)cc21.O=C1c2cc(-n3ccnc3)ccc2CN1c1cccc(-c2nncn2C2CC2)n1.c1c[nH]cn1. The van der Waals surface area contributed by atoms with Gasteiger partial charge in [-0.15, -0.1) is 20.4 Å². The van der Waals surface area contributed by atoms with Crippen LogP contribution >= 0.6 is 31.9 Å². The van der Waals surface area contributed by atoms with Crippen LogP contribution in [-0.2, 0) is 26.2 Å². The molecule has 472 valence electrons. The van der Waals surface area contributed by atoms with Gasteiger partial charge in [0, 0.05) is 125 Å². The van der Waals surface area contributed by atoms with Gasteiger partial charge in [-0.25, -0.2) is 29.9 Å². The van der Waals surface area contributed by atoms with E-state index in [1.807, 2.05) is 141 Å². The smallest absolute Gasteiger partial charge is 0.260 e. The third kappa shape index (κ3) is 15.0. The number of amides is 4. The topological polar surface area (TPSA) is 277 Å². The van der Waals surface area contributed by atoms with E-state index >= 15 is 0 Å². The highest BCUT2D eigenvalue weighted by Gasteiger charge is 2.32. The van der Waals surface area contributed by atoms with Crippen molar-refractivity contribution in [3.8, 4) is 40.1 Å². The number of pyridine rings is 2. The van der Waals surface area contributed by atoms with Crippen LogP contribution in [0.5, 0.6) is 0 Å². The van der Waals surface area contributed by atoms with Crippen molar-refractivity contribution in [1.29, 1.82) is 0 Å². The molecule has 2 saturated carbocycles. The number of aromatic nitrogens is 16. The van der Waals surface area contributed by atoms with Crippen molar-refractivity contribution in [2.45, 2.75) is 86.2 Å². The van der Waals surface area contributed by atoms with Crippen LogP contribution in [0.25, 0.3) is 40.1 Å². The summed E-state index contributed by atoms with van der Waals surface area (Å²) in [4.78, 5) is 76.4. The summed E-state index contributed by atoms with van der Waals surface area (Å²) >= 11 is 6.67. The molecule has 12 heterocycles. The summed E-state index contributed by atoms with van der Waals surface area (Å²) < 4.78 is 11.6. The van der Waals surface area contributed by atoms with Gasteiger partial charge in [-0.3, -0.25) is 24.1 Å². The molecule has 0 spiro atoms. The standard InChI is InChI=1S/C21H17N7O.2C11H9N3O.C10H9BrN4.C8H6BrNO.C3H4N2.3CH4/c29-21-17-10-16(26-9-8-22-12-26)5-4-14(17)11-27(21)19-3-1-2-18(24-19)20-25-23-13-28(20)15-6-7-15;2*15-11-10-5-9(14-4-3-12-7-14)2-1-8(10)6-13-11;11-9-3-1-2-8(13-9)10-14-12-6-15(10)7-4-5-7;9-6-2-1-5-4-10-8(11)7(5)3-6;1-2-5-3-4-1;;;/h1-5,8-10,12-13,15H,6-7,11H2;2*1-5,7H,6H2,(H,13,15);1-3,6-7H,4-5H2;1-3H,4H2,(H,10,11);1-3H,(H,4,5);3*1H4. The van der Waals surface area contributed by atoms with Gasteiger partial charge in [-0.1, -0.05) is 74.6 Å². The molecule has 4 aromatic carbocycles. The van der Waals surface area contributed by atoms with Gasteiger partial charge in [0.1, 0.15) is 34.5 Å². The number of fused-ring (bicyclic) bond motifs is 4. The first kappa shape index (κ1) is 65.1. The number of halogens is 2. The van der Waals surface area contributed by atoms with Crippen molar-refractivity contribution < 1.29 is 19.2 Å². The second-order valence-corrected chi connectivity index (χ2v) is 23.0. The first-order chi connectivity index (χ1) is 44.1. The van der Waals surface area contributed by atoms with Gasteiger partial charge < -0.3 is 43.8 Å². The highest BCUT2D eigenvalue weighted by Crippen LogP contribution is 2.39. The molecule has 0 bridgehead atoms. The zero-order chi connectivity index (χ0) is 61.5. The Hall–Kier alpha value is -10.9. The molecule has 4 aliphatic heterocycles. The van der Waals surface area contributed by atoms with E-state index in [-0.39, 0.29) is 45.9 Å². The van der Waals surface area contributed by atoms with Gasteiger partial charge in [-0.2, -0.15) is 0 Å². The van der Waals surface area contributed by atoms with Gasteiger partial charge in [0.05, 0.1) is 31.9 Å². The van der Waals surface area contributed by atoms with E-state index in [2.05, 4.69) is 107 Å². The van der Waals surface area contributed by atoms with E-state index in [1.54, 1.807) is 73.8 Å². The Morgan fingerprint density at radius 1 is 0.462 bits per heavy atom. The Morgan fingerprint density at radius 3 is 1.37 bits per heavy atom. The van der Waals surface area contributed by atoms with Crippen molar-refractivity contribution in [2.75, 3.05) is 4.90 Å². The zero-order valence-corrected chi connectivity index (χ0v) is 51.0. The number of hydrogen-bond donors (Lipinski definition) is 4. The Morgan fingerprint density at radius 2 is 0.925 bits per heavy atom. The normalized spacial score (nSPS) is 14.0. The summed E-state index contributed by atoms with van der Waals surface area (Å²) in [6, 6.07) is 35.9. The average Bonchev–Trinajstić information content (AvgIpc) is 1.66. The van der Waals surface area contributed by atoms with E-state index < -0.39 is 0 Å². The van der Waals surface area contributed by atoms with Crippen LogP contribution in [-0.4, -0.2) is 102 Å². The Kier molecular flexibility index (Phi) is 20.6. The molecule has 18 rings (SSSR count). The third-order valence-corrected chi connectivity index (χ3v) is 16.2. The van der Waals surface area contributed by atoms with Crippen molar-refractivity contribution in [3.63, 3.8) is 0 Å². The lowest BCUT2D eigenvalue weighted by Gasteiger charge is -2.15. The summed E-state index contributed by atoms with van der Waals surface area (Å²) in [6.07, 6.45) is 29.2. The monoisotopic (exact) mass is 1370 g/mol. The second kappa shape index (κ2) is 29.4. The molecule has 0 atom stereocenters. The van der Waals surface area contributed by atoms with Crippen LogP contribution in [0.3, 0.4) is 0 Å². The summed E-state index contributed by atoms with van der Waals surface area (Å²) in [6.45, 7) is 2.45. The van der Waals surface area contributed by atoms with Crippen molar-refractivity contribution in [2.24, 2.45) is 0 Å². The second-order valence-electron chi connectivity index (χ2n) is 21.2. The largest absolute Gasteiger partial charge is 0.351 e. The number of anilines is 1. The van der Waals surface area contributed by atoms with E-state index in [0.717, 1.165) is 101 Å². The first-order valence-electron chi connectivity index (χ1n) is 28.7. The van der Waals surface area contributed by atoms with E-state index in [0.29, 0.717) is 49.6 Å². The van der Waals surface area contributed by atoms with Gasteiger partial charge in [0.25, 0.3) is 23.6 Å². The maximum atomic E-state index is 13.1. The number of carbonyl (C=O) groups excluding carboxylic acids is 4. The maximum absolute atomic E-state index is 13.1. The first-order valence-corrected chi connectivity index (χ1v) is 30.3. The number of imidazole rings is 4. The van der Waals surface area contributed by atoms with E-state index in [9.17, 15) is 19.2 Å². The molecule has 2 fully saturated rings. The molecule has 8 aromatic heterocycles. The minimum Gasteiger partial charge on any atom is -0.351 e. The van der Waals surface area contributed by atoms with Crippen LogP contribution in [0.2, 0.25) is 0 Å². The number of benzene rings is 4. The van der Waals surface area contributed by atoms with Crippen molar-refractivity contribution >= 4 is 61.3 Å². The minimum atomic E-state index is -0.0460. The fraction of sp³-hybridized carbons (Fsp3) is 0.194. The highest BCUT2D eigenvalue weighted by atomic mass is 79.9. The highest BCUT2D eigenvalue weighted by molar-refractivity contribution is 9.10. The van der Waals surface area contributed by atoms with Crippen LogP contribution in [0, 0.1) is 0 Å². The molecule has 26 heteroatoms. The lowest BCUT2D eigenvalue weighted by atomic mass is 10.1. The molecule has 0 radical (unpaired) electrons. The summed E-state index contributed by atoms with van der Waals surface area (Å²) in [5, 5.41) is 24.7. The molecule has 2 aliphatic carbocycles. The van der Waals surface area contributed by atoms with Gasteiger partial charge >= 0.3 is 0 Å². The molecular weight excluding hydrogens is 1310 g/mol. The molecule has 6 aliphatic rings. The summed E-state index contributed by atoms with van der Waals surface area (Å²) in [7, 11) is 0. The van der Waals surface area contributed by atoms with Gasteiger partial charge in [-0.05, 0) is 137 Å². The molecule has 24 nitrogen and oxygen atoms in total. The lowest BCUT2D eigenvalue weighted by Crippen LogP contribution is -2.24. The molecule has 93 heavy (non-hydrogen) atoms. The molecule has 0 unspecified atom stereocenters. The van der Waals surface area contributed by atoms with Gasteiger partial charge in [0.15, 0.2) is 11.6 Å². The fourth-order valence-corrected chi connectivity index (χ4v) is 11.0. The quantitative estimate of drug-likeness (QED) is 0.103. The number of nitrogens with one attached hydrogen (secondary N) is 4. The Labute approximate surface area is 553 Å². The predicted octanol–water partition coefficient (Wildman–Crippen LogP) is 11.7. The van der Waals surface area contributed by atoms with Crippen LogP contribution in [0.4, 0.5) is 5.82 Å². The molecule has 0 saturated heterocycles. The average molecular weight is 1380 g/mol. The predicted molar refractivity (Wildman–Crippen MR) is 358 cm³/mol. The fourth-order valence-electron chi connectivity index (χ4n) is 10.3. The van der Waals surface area contributed by atoms with E-state index in [4.69, 9.17) is 4.98 Å². The van der Waals surface area contributed by atoms with Gasteiger partial charge in [0.2, 0.25) is 0 Å². The number of hydrogen-bond acceptors (Lipinski definition) is 14. The van der Waals surface area contributed by atoms with Crippen LogP contribution < -0.4 is 20.9 Å². The molecule has 4 amide bonds. The van der Waals surface area contributed by atoms with Crippen molar-refractivity contribution in [3.05, 3.63) is 250 Å². The summed E-state index contributed by atoms with van der Waals surface area (Å²) in [5.41, 5.74) is 11.6. The molecule has 12 aromatic rings. The lowest BCUT2D eigenvalue weighted by molar-refractivity contribution is 0.0957. The van der Waals surface area contributed by atoms with Crippen LogP contribution in [0.15, 0.2) is 206 Å². The zero-order valence-electron chi connectivity index (χ0n) is 47.8. The summed E-state index contributed by atoms with van der Waals surface area (Å²) in [5.74, 6) is 2.23.